The van der Waals surface area contributed by atoms with Gasteiger partial charge in [-0.15, -0.1) is 12.4 Å². The minimum absolute atomic E-state index is 0. The summed E-state index contributed by atoms with van der Waals surface area (Å²) < 4.78 is 5.48. The van der Waals surface area contributed by atoms with Crippen molar-refractivity contribution < 1.29 is 0 Å². The summed E-state index contributed by atoms with van der Waals surface area (Å²) in [4.78, 5) is 13.0. The van der Waals surface area contributed by atoms with Crippen LogP contribution in [0.4, 0.5) is 0 Å². The maximum atomic E-state index is 13.0. The van der Waals surface area contributed by atoms with Gasteiger partial charge in [-0.1, -0.05) is 18.2 Å². The Morgan fingerprint density at radius 1 is 1.00 bits per heavy atom. The van der Waals surface area contributed by atoms with Gasteiger partial charge < -0.3 is 9.88 Å². The van der Waals surface area contributed by atoms with Crippen LogP contribution in [-0.4, -0.2) is 32.0 Å². The van der Waals surface area contributed by atoms with Crippen LogP contribution in [0.1, 0.15) is 24.6 Å². The average Bonchev–Trinajstić information content (AvgIpc) is 3.29. The lowest BCUT2D eigenvalue weighted by Gasteiger charge is -2.22. The summed E-state index contributed by atoms with van der Waals surface area (Å²) in [5, 5.41) is 8.12. The van der Waals surface area contributed by atoms with E-state index in [1.165, 1.54) is 0 Å². The van der Waals surface area contributed by atoms with Crippen LogP contribution in [-0.2, 0) is 13.1 Å². The van der Waals surface area contributed by atoms with E-state index in [-0.39, 0.29) is 18.1 Å². The summed E-state index contributed by atoms with van der Waals surface area (Å²) in [6, 6.07) is 13.8. The molecule has 1 aliphatic heterocycles. The van der Waals surface area contributed by atoms with Crippen LogP contribution in [0, 0.1) is 0 Å². The van der Waals surface area contributed by atoms with E-state index < -0.39 is 0 Å². The Morgan fingerprint density at radius 3 is 2.38 bits per heavy atom. The molecule has 0 unspecified atom stereocenters. The summed E-state index contributed by atoms with van der Waals surface area (Å²) in [7, 11) is 0. The van der Waals surface area contributed by atoms with Gasteiger partial charge in [0.2, 0.25) is 0 Å². The van der Waals surface area contributed by atoms with E-state index in [0.717, 1.165) is 44.0 Å². The van der Waals surface area contributed by atoms with Crippen LogP contribution < -0.4 is 11.0 Å². The van der Waals surface area contributed by atoms with Crippen molar-refractivity contribution in [3.63, 3.8) is 0 Å². The standard InChI is InChI=1S/C19H23N5O.ClH/c25-19-23(15-14-22-12-4-5-13-22)21-18(16-8-10-20-11-9-16)24(19)17-6-2-1-3-7-17;/h1-7,12-13,16,20H,8-11,14-15H2;1H. The van der Waals surface area contributed by atoms with E-state index in [1.54, 1.807) is 9.25 Å². The second-order valence-electron chi connectivity index (χ2n) is 6.48. The van der Waals surface area contributed by atoms with Gasteiger partial charge in [0.1, 0.15) is 5.82 Å². The molecule has 0 saturated carbocycles. The zero-order chi connectivity index (χ0) is 17.1. The molecule has 6 nitrogen and oxygen atoms in total. The van der Waals surface area contributed by atoms with Gasteiger partial charge in [0.05, 0.1) is 12.2 Å². The summed E-state index contributed by atoms with van der Waals surface area (Å²) in [5.41, 5.74) is 0.847. The molecule has 0 amide bonds. The summed E-state index contributed by atoms with van der Waals surface area (Å²) in [6.45, 7) is 3.27. The lowest BCUT2D eigenvalue weighted by Crippen LogP contribution is -2.29. The molecule has 26 heavy (non-hydrogen) atoms. The Balaban J connectivity index is 0.00000196. The van der Waals surface area contributed by atoms with Gasteiger partial charge in [0.25, 0.3) is 0 Å². The lowest BCUT2D eigenvalue weighted by atomic mass is 9.97. The summed E-state index contributed by atoms with van der Waals surface area (Å²) >= 11 is 0. The van der Waals surface area contributed by atoms with E-state index in [2.05, 4.69) is 9.88 Å². The molecule has 0 bridgehead atoms. The van der Waals surface area contributed by atoms with Crippen LogP contribution in [0.15, 0.2) is 59.7 Å². The minimum Gasteiger partial charge on any atom is -0.352 e. The van der Waals surface area contributed by atoms with Crippen LogP contribution in [0.5, 0.6) is 0 Å². The van der Waals surface area contributed by atoms with Crippen molar-refractivity contribution in [3.8, 4) is 5.69 Å². The zero-order valence-corrected chi connectivity index (χ0v) is 15.4. The van der Waals surface area contributed by atoms with E-state index >= 15 is 0 Å². The molecule has 138 valence electrons. The maximum Gasteiger partial charge on any atom is 0.350 e. The van der Waals surface area contributed by atoms with Crippen molar-refractivity contribution in [1.29, 1.82) is 0 Å². The van der Waals surface area contributed by atoms with Crippen molar-refractivity contribution >= 4 is 12.4 Å². The van der Waals surface area contributed by atoms with Gasteiger partial charge >= 0.3 is 5.69 Å². The Hall–Kier alpha value is -2.31. The third kappa shape index (κ3) is 3.76. The fourth-order valence-electron chi connectivity index (χ4n) is 3.46. The van der Waals surface area contributed by atoms with Gasteiger partial charge in [0, 0.05) is 24.9 Å². The topological polar surface area (TPSA) is 56.8 Å². The molecule has 0 radical (unpaired) electrons. The highest BCUT2D eigenvalue weighted by Crippen LogP contribution is 2.24. The number of para-hydroxylation sites is 1. The van der Waals surface area contributed by atoms with Gasteiger partial charge in [0.15, 0.2) is 0 Å². The Bertz CT molecular complexity index is 863. The number of piperidine rings is 1. The highest BCUT2D eigenvalue weighted by Gasteiger charge is 2.24. The first-order valence-corrected chi connectivity index (χ1v) is 8.89. The predicted molar refractivity (Wildman–Crippen MR) is 104 cm³/mol. The smallest absolute Gasteiger partial charge is 0.350 e. The van der Waals surface area contributed by atoms with E-state index in [9.17, 15) is 4.79 Å². The Morgan fingerprint density at radius 2 is 1.69 bits per heavy atom. The molecule has 1 aromatic carbocycles. The molecule has 4 rings (SSSR count). The normalized spacial score (nSPS) is 14.9. The highest BCUT2D eigenvalue weighted by molar-refractivity contribution is 5.85. The molecule has 0 spiro atoms. The molecule has 3 aromatic rings. The molecule has 1 fully saturated rings. The SMILES string of the molecule is Cl.O=c1n(CCn2cccc2)nc(C2CCNCC2)n1-c1ccccc1. The fourth-order valence-corrected chi connectivity index (χ4v) is 3.46. The van der Waals surface area contributed by atoms with Gasteiger partial charge in [-0.25, -0.2) is 14.0 Å². The number of hydrogen-bond acceptors (Lipinski definition) is 3. The number of benzene rings is 1. The molecule has 2 aromatic heterocycles. The molecule has 0 atom stereocenters. The van der Waals surface area contributed by atoms with Crippen molar-refractivity contribution in [2.75, 3.05) is 13.1 Å². The number of nitrogens with one attached hydrogen (secondary N) is 1. The van der Waals surface area contributed by atoms with Crippen molar-refractivity contribution in [2.45, 2.75) is 31.8 Å². The lowest BCUT2D eigenvalue weighted by molar-refractivity contribution is 0.435. The Kier molecular flexibility index (Phi) is 5.96. The average molecular weight is 374 g/mol. The highest BCUT2D eigenvalue weighted by atomic mass is 35.5. The first kappa shape index (κ1) is 18.5. The molecule has 1 saturated heterocycles. The quantitative estimate of drug-likeness (QED) is 0.747. The monoisotopic (exact) mass is 373 g/mol. The first-order valence-electron chi connectivity index (χ1n) is 8.89. The Labute approximate surface area is 158 Å². The van der Waals surface area contributed by atoms with Crippen LogP contribution in [0.25, 0.3) is 5.69 Å². The van der Waals surface area contributed by atoms with Crippen LogP contribution in [0.3, 0.4) is 0 Å². The summed E-state index contributed by atoms with van der Waals surface area (Å²) in [5.74, 6) is 1.21. The largest absolute Gasteiger partial charge is 0.352 e. The van der Waals surface area contributed by atoms with E-state index in [1.807, 2.05) is 54.9 Å². The molecule has 1 N–H and O–H groups in total. The molecular formula is C19H24ClN5O. The molecule has 1 aliphatic rings. The van der Waals surface area contributed by atoms with E-state index in [4.69, 9.17) is 5.10 Å². The maximum absolute atomic E-state index is 13.0. The second-order valence-corrected chi connectivity index (χ2v) is 6.48. The third-order valence-electron chi connectivity index (χ3n) is 4.82. The molecule has 3 heterocycles. The van der Waals surface area contributed by atoms with Crippen LogP contribution in [0.2, 0.25) is 0 Å². The number of aryl methyl sites for hydroxylation is 2. The number of aromatic nitrogens is 4. The van der Waals surface area contributed by atoms with Crippen molar-refractivity contribution in [1.82, 2.24) is 24.2 Å². The first-order chi connectivity index (χ1) is 12.3. The van der Waals surface area contributed by atoms with E-state index in [0.29, 0.717) is 12.5 Å². The van der Waals surface area contributed by atoms with Crippen molar-refractivity contribution in [3.05, 3.63) is 71.2 Å². The van der Waals surface area contributed by atoms with Gasteiger partial charge in [-0.3, -0.25) is 0 Å². The fraction of sp³-hybridized carbons (Fsp3) is 0.368. The van der Waals surface area contributed by atoms with Crippen LogP contribution >= 0.6 is 12.4 Å². The predicted octanol–water partition coefficient (Wildman–Crippen LogP) is 2.42. The number of nitrogens with zero attached hydrogens (tertiary/aromatic N) is 4. The van der Waals surface area contributed by atoms with Crippen molar-refractivity contribution in [2.24, 2.45) is 0 Å². The second kappa shape index (κ2) is 8.38. The minimum atomic E-state index is -0.0492. The molecule has 7 heteroatoms. The molecular weight excluding hydrogens is 350 g/mol. The van der Waals surface area contributed by atoms with Gasteiger partial charge in [-0.2, -0.15) is 5.10 Å². The number of hydrogen-bond donors (Lipinski definition) is 1. The third-order valence-corrected chi connectivity index (χ3v) is 4.82. The van der Waals surface area contributed by atoms with Gasteiger partial charge in [-0.05, 0) is 50.2 Å². The zero-order valence-electron chi connectivity index (χ0n) is 14.6. The molecule has 0 aliphatic carbocycles. The number of halogens is 1. The number of rotatable bonds is 5. The summed E-state index contributed by atoms with van der Waals surface area (Å²) in [6.07, 6.45) is 6.04.